The first-order valence-electron chi connectivity index (χ1n) is 6.77. The molecule has 0 bridgehead atoms. The van der Waals surface area contributed by atoms with Gasteiger partial charge in [0, 0.05) is 19.1 Å². The van der Waals surface area contributed by atoms with E-state index < -0.39 is 18.2 Å². The van der Waals surface area contributed by atoms with Crippen LogP contribution >= 0.6 is 0 Å². The van der Waals surface area contributed by atoms with Gasteiger partial charge in [-0.15, -0.1) is 0 Å². The lowest BCUT2D eigenvalue weighted by Gasteiger charge is -2.35. The van der Waals surface area contributed by atoms with Crippen molar-refractivity contribution < 1.29 is 19.4 Å². The minimum absolute atomic E-state index is 0.190. The summed E-state index contributed by atoms with van der Waals surface area (Å²) in [6.07, 6.45) is -1.05. The van der Waals surface area contributed by atoms with E-state index >= 15 is 0 Å². The third-order valence-electron chi connectivity index (χ3n) is 3.44. The summed E-state index contributed by atoms with van der Waals surface area (Å²) in [5, 5.41) is 11.6. The maximum absolute atomic E-state index is 11.7. The zero-order chi connectivity index (χ0) is 15.2. The molecular formula is C14H19N3O4. The number of amides is 2. The molecule has 0 spiro atoms. The Labute approximate surface area is 122 Å². The van der Waals surface area contributed by atoms with Gasteiger partial charge in [-0.1, -0.05) is 30.3 Å². The lowest BCUT2D eigenvalue weighted by molar-refractivity contribution is 0.111. The summed E-state index contributed by atoms with van der Waals surface area (Å²) >= 11 is 0. The molecule has 0 radical (unpaired) electrons. The molecule has 114 valence electrons. The number of carbonyl (C=O) groups excluding carboxylic acids is 1. The predicted octanol–water partition coefficient (Wildman–Crippen LogP) is 0.992. The van der Waals surface area contributed by atoms with Gasteiger partial charge in [-0.2, -0.15) is 0 Å². The van der Waals surface area contributed by atoms with Crippen molar-refractivity contribution in [2.24, 2.45) is 5.73 Å². The zero-order valence-corrected chi connectivity index (χ0v) is 11.6. The number of ether oxygens (including phenoxy) is 1. The maximum atomic E-state index is 11.7. The molecule has 0 aliphatic carbocycles. The largest absolute Gasteiger partial charge is 0.465 e. The van der Waals surface area contributed by atoms with Crippen LogP contribution in [0.5, 0.6) is 0 Å². The number of carboxylic acid groups (broad SMARTS) is 1. The lowest BCUT2D eigenvalue weighted by Crippen LogP contribution is -2.58. The Balaban J connectivity index is 1.77. The van der Waals surface area contributed by atoms with Gasteiger partial charge in [0.05, 0.1) is 6.04 Å². The number of nitrogens with one attached hydrogen (secondary N) is 1. The van der Waals surface area contributed by atoms with Crippen LogP contribution in [0.15, 0.2) is 30.3 Å². The fraction of sp³-hybridized carbons (Fsp3) is 0.429. The standard InChI is InChI=1S/C14H19N3O4/c15-11-8-17(14(19)20)7-6-12(11)16-13(18)21-9-10-4-2-1-3-5-10/h1-5,11-12H,6-9,15H2,(H,16,18)(H,19,20)/t11-,12+/m1/s1. The van der Waals surface area contributed by atoms with E-state index in [1.165, 1.54) is 4.90 Å². The van der Waals surface area contributed by atoms with E-state index in [1.54, 1.807) is 0 Å². The van der Waals surface area contributed by atoms with Crippen molar-refractivity contribution in [3.05, 3.63) is 35.9 Å². The zero-order valence-electron chi connectivity index (χ0n) is 11.6. The molecule has 2 amide bonds. The smallest absolute Gasteiger partial charge is 0.407 e. The summed E-state index contributed by atoms with van der Waals surface area (Å²) < 4.78 is 5.12. The predicted molar refractivity (Wildman–Crippen MR) is 75.7 cm³/mol. The highest BCUT2D eigenvalue weighted by atomic mass is 16.5. The normalized spacial score (nSPS) is 21.7. The number of hydrogen-bond acceptors (Lipinski definition) is 4. The Morgan fingerprint density at radius 1 is 1.38 bits per heavy atom. The number of alkyl carbamates (subject to hydrolysis) is 1. The number of rotatable bonds is 3. The SMILES string of the molecule is N[C@@H]1CN(C(=O)O)CC[C@@H]1NC(=O)OCc1ccccc1. The number of likely N-dealkylation sites (tertiary alicyclic amines) is 1. The third-order valence-corrected chi connectivity index (χ3v) is 3.44. The molecule has 1 saturated heterocycles. The van der Waals surface area contributed by atoms with Crippen molar-refractivity contribution in [1.82, 2.24) is 10.2 Å². The second-order valence-corrected chi connectivity index (χ2v) is 4.99. The Morgan fingerprint density at radius 3 is 2.71 bits per heavy atom. The van der Waals surface area contributed by atoms with Gasteiger partial charge >= 0.3 is 12.2 Å². The van der Waals surface area contributed by atoms with Crippen LogP contribution in [-0.4, -0.2) is 47.4 Å². The Bertz CT molecular complexity index is 494. The monoisotopic (exact) mass is 293 g/mol. The molecule has 4 N–H and O–H groups in total. The molecule has 1 aliphatic heterocycles. The van der Waals surface area contributed by atoms with Crippen LogP contribution < -0.4 is 11.1 Å². The van der Waals surface area contributed by atoms with Gasteiger partial charge in [0.1, 0.15) is 6.61 Å². The van der Waals surface area contributed by atoms with Crippen LogP contribution in [0.25, 0.3) is 0 Å². The van der Waals surface area contributed by atoms with Crippen molar-refractivity contribution in [2.75, 3.05) is 13.1 Å². The first-order valence-corrected chi connectivity index (χ1v) is 6.77. The quantitative estimate of drug-likeness (QED) is 0.771. The van der Waals surface area contributed by atoms with Crippen LogP contribution in [0.4, 0.5) is 9.59 Å². The maximum Gasteiger partial charge on any atom is 0.407 e. The van der Waals surface area contributed by atoms with E-state index in [-0.39, 0.29) is 19.2 Å². The van der Waals surface area contributed by atoms with Gasteiger partial charge in [-0.05, 0) is 12.0 Å². The highest BCUT2D eigenvalue weighted by Crippen LogP contribution is 2.10. The number of nitrogens with two attached hydrogens (primary N) is 1. The molecule has 1 heterocycles. The molecule has 0 aromatic heterocycles. The van der Waals surface area contributed by atoms with E-state index in [2.05, 4.69) is 5.32 Å². The van der Waals surface area contributed by atoms with Crippen LogP contribution in [-0.2, 0) is 11.3 Å². The van der Waals surface area contributed by atoms with E-state index in [4.69, 9.17) is 15.6 Å². The fourth-order valence-electron chi connectivity index (χ4n) is 2.25. The topological polar surface area (TPSA) is 105 Å². The molecule has 2 rings (SSSR count). The molecule has 1 aromatic rings. The summed E-state index contributed by atoms with van der Waals surface area (Å²) in [7, 11) is 0. The average molecular weight is 293 g/mol. The number of benzene rings is 1. The highest BCUT2D eigenvalue weighted by molar-refractivity contribution is 5.68. The summed E-state index contributed by atoms with van der Waals surface area (Å²) in [6.45, 7) is 0.752. The van der Waals surface area contributed by atoms with Gasteiger partial charge in [-0.3, -0.25) is 0 Å². The summed E-state index contributed by atoms with van der Waals surface area (Å²) in [4.78, 5) is 23.8. The second-order valence-electron chi connectivity index (χ2n) is 4.99. The van der Waals surface area contributed by atoms with E-state index in [9.17, 15) is 9.59 Å². The number of nitrogens with zero attached hydrogens (tertiary/aromatic N) is 1. The molecule has 7 heteroatoms. The molecular weight excluding hydrogens is 274 g/mol. The van der Waals surface area contributed by atoms with Crippen molar-refractivity contribution in [1.29, 1.82) is 0 Å². The molecule has 1 aromatic carbocycles. The van der Waals surface area contributed by atoms with Gasteiger partial charge in [0.15, 0.2) is 0 Å². The van der Waals surface area contributed by atoms with Crippen molar-refractivity contribution >= 4 is 12.2 Å². The minimum Gasteiger partial charge on any atom is -0.465 e. The molecule has 1 aliphatic rings. The number of piperidine rings is 1. The van der Waals surface area contributed by atoms with Gasteiger partial charge < -0.3 is 25.8 Å². The van der Waals surface area contributed by atoms with Gasteiger partial charge in [-0.25, -0.2) is 9.59 Å². The molecule has 1 fully saturated rings. The van der Waals surface area contributed by atoms with Gasteiger partial charge in [0.2, 0.25) is 0 Å². The van der Waals surface area contributed by atoms with Crippen molar-refractivity contribution in [2.45, 2.75) is 25.1 Å². The molecule has 7 nitrogen and oxygen atoms in total. The van der Waals surface area contributed by atoms with E-state index in [0.29, 0.717) is 13.0 Å². The Kier molecular flexibility index (Phi) is 4.99. The summed E-state index contributed by atoms with van der Waals surface area (Å²) in [5.41, 5.74) is 6.79. The average Bonchev–Trinajstić information content (AvgIpc) is 2.48. The number of hydrogen-bond donors (Lipinski definition) is 3. The Morgan fingerprint density at radius 2 is 2.10 bits per heavy atom. The minimum atomic E-state index is -0.990. The molecule has 2 atom stereocenters. The Hall–Kier alpha value is -2.28. The van der Waals surface area contributed by atoms with Gasteiger partial charge in [0.25, 0.3) is 0 Å². The van der Waals surface area contributed by atoms with Crippen LogP contribution in [0, 0.1) is 0 Å². The molecule has 0 unspecified atom stereocenters. The van der Waals surface area contributed by atoms with Crippen LogP contribution in [0.1, 0.15) is 12.0 Å². The lowest BCUT2D eigenvalue weighted by atomic mass is 10.0. The fourth-order valence-corrected chi connectivity index (χ4v) is 2.25. The first-order chi connectivity index (χ1) is 10.1. The van der Waals surface area contributed by atoms with Crippen molar-refractivity contribution in [3.8, 4) is 0 Å². The third kappa shape index (κ3) is 4.35. The molecule has 21 heavy (non-hydrogen) atoms. The summed E-state index contributed by atoms with van der Waals surface area (Å²) in [5.74, 6) is 0. The van der Waals surface area contributed by atoms with E-state index in [0.717, 1.165) is 5.56 Å². The van der Waals surface area contributed by atoms with E-state index in [1.807, 2.05) is 30.3 Å². The highest BCUT2D eigenvalue weighted by Gasteiger charge is 2.30. The summed E-state index contributed by atoms with van der Waals surface area (Å²) in [6, 6.07) is 8.65. The van der Waals surface area contributed by atoms with Crippen LogP contribution in [0.2, 0.25) is 0 Å². The first kappa shape index (κ1) is 15.1. The molecule has 0 saturated carbocycles. The van der Waals surface area contributed by atoms with Crippen LogP contribution in [0.3, 0.4) is 0 Å². The number of carbonyl (C=O) groups is 2. The van der Waals surface area contributed by atoms with Crippen molar-refractivity contribution in [3.63, 3.8) is 0 Å². The second kappa shape index (κ2) is 6.94.